The van der Waals surface area contributed by atoms with Crippen molar-refractivity contribution in [2.75, 3.05) is 27.2 Å². The monoisotopic (exact) mass is 226 g/mol. The molecule has 0 radical (unpaired) electrons. The van der Waals surface area contributed by atoms with E-state index in [-0.39, 0.29) is 5.41 Å². The second-order valence-electron chi connectivity index (χ2n) is 5.56. The van der Waals surface area contributed by atoms with Gasteiger partial charge in [-0.15, -0.1) is 0 Å². The molecule has 0 heterocycles. The fraction of sp³-hybridized carbons (Fsp3) is 0.923. The Morgan fingerprint density at radius 1 is 1.44 bits per heavy atom. The lowest BCUT2D eigenvalue weighted by Gasteiger charge is -2.44. The van der Waals surface area contributed by atoms with E-state index >= 15 is 0 Å². The van der Waals surface area contributed by atoms with Gasteiger partial charge in [-0.3, -0.25) is 4.79 Å². The Hall–Kier alpha value is -0.570. The Balaban J connectivity index is 2.55. The van der Waals surface area contributed by atoms with Crippen molar-refractivity contribution in [1.29, 1.82) is 0 Å². The number of hydrogen-bond donors (Lipinski definition) is 1. The highest BCUT2D eigenvalue weighted by Crippen LogP contribution is 2.47. The number of carbonyl (C=O) groups is 1. The molecule has 1 fully saturated rings. The van der Waals surface area contributed by atoms with Crippen LogP contribution in [0.5, 0.6) is 0 Å². The minimum atomic E-state index is -0.0172. The first-order valence-electron chi connectivity index (χ1n) is 6.42. The molecule has 0 aromatic heterocycles. The van der Waals surface area contributed by atoms with Gasteiger partial charge in [-0.1, -0.05) is 20.3 Å². The van der Waals surface area contributed by atoms with E-state index in [9.17, 15) is 4.79 Å². The third kappa shape index (κ3) is 2.97. The van der Waals surface area contributed by atoms with Crippen LogP contribution in [0.25, 0.3) is 0 Å². The van der Waals surface area contributed by atoms with Crippen molar-refractivity contribution in [2.24, 2.45) is 11.3 Å². The highest BCUT2D eigenvalue weighted by molar-refractivity contribution is 5.83. The van der Waals surface area contributed by atoms with Gasteiger partial charge < -0.3 is 10.2 Å². The molecule has 94 valence electrons. The molecular formula is C13H26N2O. The predicted octanol–water partition coefficient (Wildman–Crippen LogP) is 1.88. The number of rotatable bonds is 6. The van der Waals surface area contributed by atoms with Crippen molar-refractivity contribution in [3.05, 3.63) is 0 Å². The van der Waals surface area contributed by atoms with Gasteiger partial charge in [0.05, 0.1) is 0 Å². The molecule has 1 N–H and O–H groups in total. The van der Waals surface area contributed by atoms with Crippen LogP contribution in [0.1, 0.15) is 39.5 Å². The third-order valence-electron chi connectivity index (χ3n) is 3.61. The summed E-state index contributed by atoms with van der Waals surface area (Å²) in [5.74, 6) is 0.977. The topological polar surface area (TPSA) is 32.3 Å². The van der Waals surface area contributed by atoms with Crippen molar-refractivity contribution >= 4 is 5.91 Å². The first-order valence-corrected chi connectivity index (χ1v) is 6.42. The van der Waals surface area contributed by atoms with Gasteiger partial charge in [-0.2, -0.15) is 0 Å². The molecule has 0 spiro atoms. The van der Waals surface area contributed by atoms with E-state index in [1.807, 2.05) is 19.0 Å². The second-order valence-corrected chi connectivity index (χ2v) is 5.56. The Morgan fingerprint density at radius 2 is 2.06 bits per heavy atom. The smallest absolute Gasteiger partial charge is 0.228 e. The summed E-state index contributed by atoms with van der Waals surface area (Å²) in [7, 11) is 3.85. The summed E-state index contributed by atoms with van der Waals surface area (Å²) in [6, 6.07) is 0. The highest BCUT2D eigenvalue weighted by Gasteiger charge is 2.45. The second kappa shape index (κ2) is 5.67. The van der Waals surface area contributed by atoms with Crippen LogP contribution in [-0.4, -0.2) is 38.0 Å². The van der Waals surface area contributed by atoms with Gasteiger partial charge in [-0.25, -0.2) is 0 Å². The summed E-state index contributed by atoms with van der Waals surface area (Å²) in [4.78, 5) is 14.3. The zero-order valence-corrected chi connectivity index (χ0v) is 11.2. The SMILES string of the molecule is CNCCN(C)C(=O)C1(CC(C)C)CCC1. The molecule has 0 saturated heterocycles. The van der Waals surface area contributed by atoms with Crippen molar-refractivity contribution in [3.8, 4) is 0 Å². The predicted molar refractivity (Wildman–Crippen MR) is 67.3 cm³/mol. The van der Waals surface area contributed by atoms with Gasteiger partial charge in [0.1, 0.15) is 0 Å². The molecule has 0 aliphatic heterocycles. The van der Waals surface area contributed by atoms with Crippen LogP contribution in [0.15, 0.2) is 0 Å². The number of nitrogens with one attached hydrogen (secondary N) is 1. The van der Waals surface area contributed by atoms with Gasteiger partial charge in [-0.05, 0) is 32.2 Å². The van der Waals surface area contributed by atoms with E-state index in [0.717, 1.165) is 32.4 Å². The van der Waals surface area contributed by atoms with Crippen LogP contribution < -0.4 is 5.32 Å². The van der Waals surface area contributed by atoms with Crippen molar-refractivity contribution in [1.82, 2.24) is 10.2 Å². The zero-order valence-electron chi connectivity index (χ0n) is 11.2. The fourth-order valence-electron chi connectivity index (χ4n) is 2.68. The molecule has 1 saturated carbocycles. The van der Waals surface area contributed by atoms with Crippen LogP contribution in [0.3, 0.4) is 0 Å². The van der Waals surface area contributed by atoms with Crippen LogP contribution in [-0.2, 0) is 4.79 Å². The molecule has 1 aliphatic rings. The van der Waals surface area contributed by atoms with Gasteiger partial charge in [0, 0.05) is 25.6 Å². The van der Waals surface area contributed by atoms with E-state index in [1.54, 1.807) is 0 Å². The first kappa shape index (κ1) is 13.5. The molecular weight excluding hydrogens is 200 g/mol. The number of amides is 1. The summed E-state index contributed by atoms with van der Waals surface area (Å²) < 4.78 is 0. The van der Waals surface area contributed by atoms with Crippen molar-refractivity contribution in [2.45, 2.75) is 39.5 Å². The van der Waals surface area contributed by atoms with Gasteiger partial charge >= 0.3 is 0 Å². The lowest BCUT2D eigenvalue weighted by Crippen LogP contribution is -2.48. The zero-order chi connectivity index (χ0) is 12.2. The van der Waals surface area contributed by atoms with E-state index in [4.69, 9.17) is 0 Å². The van der Waals surface area contributed by atoms with Gasteiger partial charge in [0.2, 0.25) is 5.91 Å². The van der Waals surface area contributed by atoms with Gasteiger partial charge in [0.25, 0.3) is 0 Å². The Labute approximate surface area is 99.6 Å². The maximum absolute atomic E-state index is 12.4. The summed E-state index contributed by atoms with van der Waals surface area (Å²) in [5, 5.41) is 3.09. The minimum Gasteiger partial charge on any atom is -0.344 e. The van der Waals surface area contributed by atoms with Crippen LogP contribution in [0, 0.1) is 11.3 Å². The largest absolute Gasteiger partial charge is 0.344 e. The standard InChI is InChI=1S/C13H26N2O/c1-11(2)10-13(6-5-7-13)12(16)15(4)9-8-14-3/h11,14H,5-10H2,1-4H3. The third-order valence-corrected chi connectivity index (χ3v) is 3.61. The first-order chi connectivity index (χ1) is 7.52. The Bertz CT molecular complexity index is 234. The maximum atomic E-state index is 12.4. The lowest BCUT2D eigenvalue weighted by molar-refractivity contribution is -0.147. The lowest BCUT2D eigenvalue weighted by atomic mass is 9.63. The normalized spacial score (nSPS) is 18.3. The molecule has 1 rings (SSSR count). The summed E-state index contributed by atoms with van der Waals surface area (Å²) >= 11 is 0. The quantitative estimate of drug-likeness (QED) is 0.750. The molecule has 3 nitrogen and oxygen atoms in total. The number of nitrogens with zero attached hydrogens (tertiary/aromatic N) is 1. The minimum absolute atomic E-state index is 0.0172. The van der Waals surface area contributed by atoms with E-state index in [1.165, 1.54) is 6.42 Å². The summed E-state index contributed by atoms with van der Waals surface area (Å²) in [5.41, 5.74) is -0.0172. The average Bonchev–Trinajstić information content (AvgIpc) is 2.18. The van der Waals surface area contributed by atoms with E-state index in [2.05, 4.69) is 19.2 Å². The molecule has 0 atom stereocenters. The molecule has 0 unspecified atom stereocenters. The number of hydrogen-bond acceptors (Lipinski definition) is 2. The van der Waals surface area contributed by atoms with Crippen molar-refractivity contribution < 1.29 is 4.79 Å². The Kier molecular flexibility index (Phi) is 4.78. The highest BCUT2D eigenvalue weighted by atomic mass is 16.2. The van der Waals surface area contributed by atoms with Crippen LogP contribution >= 0.6 is 0 Å². The molecule has 3 heteroatoms. The molecule has 0 aromatic carbocycles. The molecule has 0 aromatic rings. The Morgan fingerprint density at radius 3 is 2.44 bits per heavy atom. The molecule has 16 heavy (non-hydrogen) atoms. The molecule has 1 aliphatic carbocycles. The molecule has 0 bridgehead atoms. The number of carbonyl (C=O) groups excluding carboxylic acids is 1. The molecule has 1 amide bonds. The van der Waals surface area contributed by atoms with Crippen LogP contribution in [0.4, 0.5) is 0 Å². The van der Waals surface area contributed by atoms with E-state index in [0.29, 0.717) is 11.8 Å². The maximum Gasteiger partial charge on any atom is 0.228 e. The van der Waals surface area contributed by atoms with Crippen molar-refractivity contribution in [3.63, 3.8) is 0 Å². The summed E-state index contributed by atoms with van der Waals surface area (Å²) in [6.45, 7) is 6.11. The average molecular weight is 226 g/mol. The fourth-order valence-corrected chi connectivity index (χ4v) is 2.68. The summed E-state index contributed by atoms with van der Waals surface area (Å²) in [6.07, 6.45) is 4.45. The van der Waals surface area contributed by atoms with E-state index < -0.39 is 0 Å². The number of likely N-dealkylation sites (N-methyl/N-ethyl adjacent to an activating group) is 2. The van der Waals surface area contributed by atoms with Crippen LogP contribution in [0.2, 0.25) is 0 Å². The van der Waals surface area contributed by atoms with Gasteiger partial charge in [0.15, 0.2) is 0 Å².